The minimum Gasteiger partial charge on any atom is -0.343 e. The van der Waals surface area contributed by atoms with Gasteiger partial charge in [-0.2, -0.15) is 0 Å². The Morgan fingerprint density at radius 2 is 1.85 bits per heavy atom. The van der Waals surface area contributed by atoms with Gasteiger partial charge in [-0.15, -0.1) is 0 Å². The summed E-state index contributed by atoms with van der Waals surface area (Å²) >= 11 is 0. The maximum Gasteiger partial charge on any atom is 0.239 e. The van der Waals surface area contributed by atoms with Crippen molar-refractivity contribution in [1.82, 2.24) is 9.80 Å². The zero-order valence-corrected chi connectivity index (χ0v) is 9.29. The second-order valence-corrected chi connectivity index (χ2v) is 4.80. The van der Waals surface area contributed by atoms with Gasteiger partial charge in [0.1, 0.15) is 0 Å². The highest BCUT2D eigenvalue weighted by atomic mass is 16.2. The van der Waals surface area contributed by atoms with Crippen LogP contribution in [-0.4, -0.2) is 47.4 Å². The molecule has 0 saturated carbocycles. The summed E-state index contributed by atoms with van der Waals surface area (Å²) < 4.78 is 0. The molecule has 1 aliphatic rings. The lowest BCUT2D eigenvalue weighted by Crippen LogP contribution is -2.60. The number of carbonyl (C=O) groups excluding carboxylic acids is 1. The van der Waals surface area contributed by atoms with E-state index in [0.717, 1.165) is 13.1 Å². The summed E-state index contributed by atoms with van der Waals surface area (Å²) in [5.74, 6) is 0.237. The number of hydrogen-bond acceptors (Lipinski definition) is 2. The lowest BCUT2D eigenvalue weighted by Gasteiger charge is -2.45. The zero-order valence-electron chi connectivity index (χ0n) is 9.29. The second kappa shape index (κ2) is 3.29. The first-order chi connectivity index (χ1) is 5.84. The molecule has 1 rings (SSSR count). The van der Waals surface area contributed by atoms with Crippen molar-refractivity contribution in [3.8, 4) is 0 Å². The number of piperazine rings is 1. The topological polar surface area (TPSA) is 23.6 Å². The van der Waals surface area contributed by atoms with Crippen molar-refractivity contribution in [3.63, 3.8) is 0 Å². The summed E-state index contributed by atoms with van der Waals surface area (Å²) in [7, 11) is 1.87. The van der Waals surface area contributed by atoms with E-state index in [-0.39, 0.29) is 17.5 Å². The first-order valence-corrected chi connectivity index (χ1v) is 4.86. The fraction of sp³-hybridized carbons (Fsp3) is 0.900. The third-order valence-corrected chi connectivity index (χ3v) is 2.74. The highest BCUT2D eigenvalue weighted by Gasteiger charge is 2.35. The molecule has 1 atom stereocenters. The van der Waals surface area contributed by atoms with Crippen molar-refractivity contribution in [2.75, 3.05) is 20.1 Å². The molecule has 0 radical (unpaired) electrons. The van der Waals surface area contributed by atoms with Crippen LogP contribution in [0.4, 0.5) is 0 Å². The summed E-state index contributed by atoms with van der Waals surface area (Å²) in [4.78, 5) is 15.7. The van der Waals surface area contributed by atoms with E-state index in [1.165, 1.54) is 0 Å². The van der Waals surface area contributed by atoms with E-state index in [1.54, 1.807) is 0 Å². The highest BCUT2D eigenvalue weighted by Crippen LogP contribution is 2.20. The number of carbonyl (C=O) groups is 1. The number of rotatable bonds is 0. The number of nitrogens with zero attached hydrogens (tertiary/aromatic N) is 2. The van der Waals surface area contributed by atoms with Crippen LogP contribution in [-0.2, 0) is 4.79 Å². The molecule has 0 N–H and O–H groups in total. The van der Waals surface area contributed by atoms with Crippen molar-refractivity contribution in [2.45, 2.75) is 39.3 Å². The van der Waals surface area contributed by atoms with Crippen molar-refractivity contribution in [3.05, 3.63) is 0 Å². The predicted molar refractivity (Wildman–Crippen MR) is 53.6 cm³/mol. The molecule has 0 unspecified atom stereocenters. The largest absolute Gasteiger partial charge is 0.343 e. The van der Waals surface area contributed by atoms with Crippen LogP contribution in [0.15, 0.2) is 0 Å². The van der Waals surface area contributed by atoms with Gasteiger partial charge in [0.05, 0.1) is 6.04 Å². The van der Waals surface area contributed by atoms with Crippen LogP contribution >= 0.6 is 0 Å². The maximum atomic E-state index is 11.7. The number of amides is 1. The van der Waals surface area contributed by atoms with E-state index in [4.69, 9.17) is 0 Å². The SMILES string of the molecule is C[C@H]1C(=O)N(C)CCN1C(C)(C)C. The van der Waals surface area contributed by atoms with E-state index in [1.807, 2.05) is 18.9 Å². The molecular formula is C10H20N2O. The molecule has 1 aliphatic heterocycles. The monoisotopic (exact) mass is 184 g/mol. The van der Waals surface area contributed by atoms with Crippen LogP contribution in [0, 0.1) is 0 Å². The summed E-state index contributed by atoms with van der Waals surface area (Å²) in [6.45, 7) is 10.3. The highest BCUT2D eigenvalue weighted by molar-refractivity contribution is 5.82. The average Bonchev–Trinajstić information content (AvgIpc) is 1.98. The van der Waals surface area contributed by atoms with E-state index in [2.05, 4.69) is 25.7 Å². The summed E-state index contributed by atoms with van der Waals surface area (Å²) in [5, 5.41) is 0. The Hall–Kier alpha value is -0.570. The molecule has 0 aliphatic carbocycles. The quantitative estimate of drug-likeness (QED) is 0.559. The van der Waals surface area contributed by atoms with E-state index >= 15 is 0 Å². The molecule has 0 aromatic heterocycles. The molecule has 1 saturated heterocycles. The molecule has 0 aromatic rings. The molecule has 1 amide bonds. The normalized spacial score (nSPS) is 26.7. The molecule has 76 valence electrons. The number of hydrogen-bond donors (Lipinski definition) is 0. The summed E-state index contributed by atoms with van der Waals surface area (Å²) in [5.41, 5.74) is 0.0936. The molecule has 1 heterocycles. The van der Waals surface area contributed by atoms with Crippen LogP contribution < -0.4 is 0 Å². The first-order valence-electron chi connectivity index (χ1n) is 4.86. The molecule has 3 heteroatoms. The Morgan fingerprint density at radius 3 is 2.31 bits per heavy atom. The van der Waals surface area contributed by atoms with Gasteiger partial charge in [0.25, 0.3) is 0 Å². The van der Waals surface area contributed by atoms with Gasteiger partial charge in [0.2, 0.25) is 5.91 Å². The van der Waals surface area contributed by atoms with Crippen LogP contribution in [0.1, 0.15) is 27.7 Å². The Kier molecular flexibility index (Phi) is 2.66. The Labute approximate surface area is 80.7 Å². The number of likely N-dealkylation sites (N-methyl/N-ethyl adjacent to an activating group) is 1. The van der Waals surface area contributed by atoms with Crippen molar-refractivity contribution in [1.29, 1.82) is 0 Å². The summed E-state index contributed by atoms with van der Waals surface area (Å²) in [6, 6.07) is 0.0266. The standard InChI is InChI=1S/C10H20N2O/c1-8-9(13)11(5)6-7-12(8)10(2,3)4/h8H,6-7H2,1-5H3/t8-/m0/s1. The van der Waals surface area contributed by atoms with Crippen LogP contribution in [0.25, 0.3) is 0 Å². The smallest absolute Gasteiger partial charge is 0.239 e. The van der Waals surface area contributed by atoms with Gasteiger partial charge in [-0.1, -0.05) is 0 Å². The Balaban J connectivity index is 2.76. The maximum absolute atomic E-state index is 11.7. The molecular weight excluding hydrogens is 164 g/mol. The van der Waals surface area contributed by atoms with Gasteiger partial charge in [0.15, 0.2) is 0 Å². The fourth-order valence-corrected chi connectivity index (χ4v) is 1.93. The second-order valence-electron chi connectivity index (χ2n) is 4.80. The van der Waals surface area contributed by atoms with Gasteiger partial charge in [0, 0.05) is 25.7 Å². The van der Waals surface area contributed by atoms with Gasteiger partial charge in [-0.05, 0) is 27.7 Å². The van der Waals surface area contributed by atoms with Gasteiger partial charge < -0.3 is 4.90 Å². The predicted octanol–water partition coefficient (Wildman–Crippen LogP) is 0.947. The molecule has 1 fully saturated rings. The van der Waals surface area contributed by atoms with Crippen molar-refractivity contribution < 1.29 is 4.79 Å². The summed E-state index contributed by atoms with van der Waals surface area (Å²) in [6.07, 6.45) is 0. The van der Waals surface area contributed by atoms with E-state index in [9.17, 15) is 4.79 Å². The van der Waals surface area contributed by atoms with Crippen LogP contribution in [0.5, 0.6) is 0 Å². The zero-order chi connectivity index (χ0) is 10.2. The molecule has 0 bridgehead atoms. The van der Waals surface area contributed by atoms with Gasteiger partial charge in [-0.3, -0.25) is 9.69 Å². The third kappa shape index (κ3) is 2.02. The van der Waals surface area contributed by atoms with E-state index in [0.29, 0.717) is 0 Å². The van der Waals surface area contributed by atoms with Crippen LogP contribution in [0.3, 0.4) is 0 Å². The molecule has 13 heavy (non-hydrogen) atoms. The third-order valence-electron chi connectivity index (χ3n) is 2.74. The van der Waals surface area contributed by atoms with E-state index < -0.39 is 0 Å². The Bertz CT molecular complexity index is 207. The lowest BCUT2D eigenvalue weighted by atomic mass is 10.0. The lowest BCUT2D eigenvalue weighted by molar-refractivity contribution is -0.142. The van der Waals surface area contributed by atoms with Gasteiger partial charge in [-0.25, -0.2) is 0 Å². The Morgan fingerprint density at radius 1 is 1.31 bits per heavy atom. The minimum absolute atomic E-state index is 0.0266. The minimum atomic E-state index is 0.0266. The molecule has 3 nitrogen and oxygen atoms in total. The van der Waals surface area contributed by atoms with Gasteiger partial charge >= 0.3 is 0 Å². The van der Waals surface area contributed by atoms with Crippen molar-refractivity contribution >= 4 is 5.91 Å². The first kappa shape index (κ1) is 10.5. The van der Waals surface area contributed by atoms with Crippen molar-refractivity contribution in [2.24, 2.45) is 0 Å². The fourth-order valence-electron chi connectivity index (χ4n) is 1.93. The van der Waals surface area contributed by atoms with Crippen LogP contribution in [0.2, 0.25) is 0 Å². The molecule has 0 spiro atoms. The molecule has 0 aromatic carbocycles. The average molecular weight is 184 g/mol.